The number of benzene rings is 1. The van der Waals surface area contributed by atoms with Gasteiger partial charge in [-0.1, -0.05) is 36.4 Å². The van der Waals surface area contributed by atoms with Crippen LogP contribution >= 0.6 is 0 Å². The molecule has 0 spiro atoms. The molecule has 1 aromatic rings. The summed E-state index contributed by atoms with van der Waals surface area (Å²) in [5.74, 6) is -1.85. The molecule has 0 radical (unpaired) electrons. The second kappa shape index (κ2) is 5.51. The number of hydrogen-bond donors (Lipinski definition) is 0. The van der Waals surface area contributed by atoms with Crippen molar-refractivity contribution >= 4 is 11.7 Å². The fourth-order valence-electron chi connectivity index (χ4n) is 2.64. The van der Waals surface area contributed by atoms with Crippen molar-refractivity contribution in [3.05, 3.63) is 54.1 Å². The largest absolute Gasteiger partial charge is 0.395 e. The van der Waals surface area contributed by atoms with Crippen LogP contribution in [0.15, 0.2) is 54.1 Å². The molecule has 0 N–H and O–H groups in total. The molecule has 2 unspecified atom stereocenters. The summed E-state index contributed by atoms with van der Waals surface area (Å²) < 4.78 is 38.0. The van der Waals surface area contributed by atoms with Crippen LogP contribution in [-0.4, -0.2) is 18.2 Å². The van der Waals surface area contributed by atoms with Crippen molar-refractivity contribution in [1.82, 2.24) is 0 Å². The van der Waals surface area contributed by atoms with E-state index in [4.69, 9.17) is 4.84 Å². The van der Waals surface area contributed by atoms with E-state index in [9.17, 15) is 18.0 Å². The van der Waals surface area contributed by atoms with Crippen molar-refractivity contribution in [1.29, 1.82) is 0 Å². The highest BCUT2D eigenvalue weighted by Crippen LogP contribution is 2.36. The minimum Gasteiger partial charge on any atom is -0.340 e. The Kier molecular flexibility index (Phi) is 3.68. The van der Waals surface area contributed by atoms with E-state index in [1.165, 1.54) is 11.1 Å². The number of hydroxylamine groups is 1. The van der Waals surface area contributed by atoms with Crippen LogP contribution in [0.5, 0.6) is 0 Å². The first-order valence-corrected chi connectivity index (χ1v) is 6.95. The summed E-state index contributed by atoms with van der Waals surface area (Å²) >= 11 is 0. The monoisotopic (exact) mass is 309 g/mol. The van der Waals surface area contributed by atoms with Gasteiger partial charge in [-0.2, -0.15) is 18.2 Å². The first-order chi connectivity index (χ1) is 10.4. The van der Waals surface area contributed by atoms with Crippen molar-refractivity contribution in [2.75, 3.05) is 5.06 Å². The highest BCUT2D eigenvalue weighted by atomic mass is 19.4. The number of carbonyl (C=O) groups excluding carboxylic acids is 1. The molecule has 1 aliphatic carbocycles. The lowest BCUT2D eigenvalue weighted by molar-refractivity contribution is -0.160. The smallest absolute Gasteiger partial charge is 0.340 e. The molecule has 0 amide bonds. The molecule has 1 aromatic carbocycles. The zero-order valence-electron chi connectivity index (χ0n) is 11.6. The molecule has 0 aromatic heterocycles. The van der Waals surface area contributed by atoms with Gasteiger partial charge >= 0.3 is 12.1 Å². The SMILES string of the molecule is O=C1CC(C2=CCC(C(F)(F)F)C=C2)N(c2ccccc2)O1. The average molecular weight is 309 g/mol. The van der Waals surface area contributed by atoms with Crippen molar-refractivity contribution in [3.63, 3.8) is 0 Å². The van der Waals surface area contributed by atoms with E-state index in [2.05, 4.69) is 0 Å². The number of hydrogen-bond acceptors (Lipinski definition) is 3. The molecule has 116 valence electrons. The average Bonchev–Trinajstić information content (AvgIpc) is 2.89. The Hall–Kier alpha value is -2.24. The lowest BCUT2D eigenvalue weighted by atomic mass is 9.91. The van der Waals surface area contributed by atoms with E-state index in [-0.39, 0.29) is 24.9 Å². The fraction of sp³-hybridized carbons (Fsp3) is 0.312. The Morgan fingerprint density at radius 2 is 1.91 bits per heavy atom. The van der Waals surface area contributed by atoms with E-state index < -0.39 is 12.1 Å². The van der Waals surface area contributed by atoms with Crippen LogP contribution < -0.4 is 5.06 Å². The van der Waals surface area contributed by atoms with Gasteiger partial charge in [0.15, 0.2) is 0 Å². The number of para-hydroxylation sites is 1. The van der Waals surface area contributed by atoms with Crippen molar-refractivity contribution in [2.45, 2.75) is 25.1 Å². The van der Waals surface area contributed by atoms with E-state index in [0.717, 1.165) is 6.08 Å². The Balaban J connectivity index is 1.81. The Morgan fingerprint density at radius 3 is 2.50 bits per heavy atom. The molecule has 2 atom stereocenters. The minimum atomic E-state index is -4.24. The van der Waals surface area contributed by atoms with Crippen LogP contribution in [0.4, 0.5) is 18.9 Å². The summed E-state index contributed by atoms with van der Waals surface area (Å²) in [6.07, 6.45) is -0.0731. The number of halogens is 3. The van der Waals surface area contributed by atoms with Crippen molar-refractivity contribution in [2.24, 2.45) is 5.92 Å². The fourth-order valence-corrected chi connectivity index (χ4v) is 2.64. The second-order valence-electron chi connectivity index (χ2n) is 5.29. The van der Waals surface area contributed by atoms with Gasteiger partial charge in [0, 0.05) is 0 Å². The maximum Gasteiger partial charge on any atom is 0.395 e. The van der Waals surface area contributed by atoms with Crippen LogP contribution in [0, 0.1) is 5.92 Å². The van der Waals surface area contributed by atoms with Crippen LogP contribution in [-0.2, 0) is 9.63 Å². The van der Waals surface area contributed by atoms with Gasteiger partial charge in [0.05, 0.1) is 18.0 Å². The van der Waals surface area contributed by atoms with E-state index in [1.54, 1.807) is 18.2 Å². The molecule has 1 heterocycles. The van der Waals surface area contributed by atoms with Crippen LogP contribution in [0.1, 0.15) is 12.8 Å². The molecule has 3 nitrogen and oxygen atoms in total. The predicted molar refractivity (Wildman–Crippen MR) is 74.8 cm³/mol. The molecule has 6 heteroatoms. The van der Waals surface area contributed by atoms with Crippen LogP contribution in [0.25, 0.3) is 0 Å². The third kappa shape index (κ3) is 2.86. The molecule has 0 bridgehead atoms. The van der Waals surface area contributed by atoms with Gasteiger partial charge in [0.25, 0.3) is 0 Å². The lowest BCUT2D eigenvalue weighted by Crippen LogP contribution is -2.31. The summed E-state index contributed by atoms with van der Waals surface area (Å²) in [4.78, 5) is 16.8. The van der Waals surface area contributed by atoms with Crippen LogP contribution in [0.3, 0.4) is 0 Å². The molecule has 1 fully saturated rings. The summed E-state index contributed by atoms with van der Waals surface area (Å²) in [5.41, 5.74) is 1.38. The number of nitrogens with zero attached hydrogens (tertiary/aromatic N) is 1. The van der Waals surface area contributed by atoms with Crippen molar-refractivity contribution < 1.29 is 22.8 Å². The highest BCUT2D eigenvalue weighted by molar-refractivity contribution is 5.77. The second-order valence-corrected chi connectivity index (χ2v) is 5.29. The zero-order valence-corrected chi connectivity index (χ0v) is 11.6. The molecule has 22 heavy (non-hydrogen) atoms. The van der Waals surface area contributed by atoms with E-state index >= 15 is 0 Å². The number of alkyl halides is 3. The molecule has 1 saturated heterocycles. The highest BCUT2D eigenvalue weighted by Gasteiger charge is 2.40. The third-order valence-corrected chi connectivity index (χ3v) is 3.79. The van der Waals surface area contributed by atoms with Gasteiger partial charge in [0.2, 0.25) is 0 Å². The van der Waals surface area contributed by atoms with Gasteiger partial charge in [-0.3, -0.25) is 0 Å². The normalized spacial score (nSPS) is 25.1. The summed E-state index contributed by atoms with van der Waals surface area (Å²) in [7, 11) is 0. The third-order valence-electron chi connectivity index (χ3n) is 3.79. The Labute approximate surface area is 125 Å². The first-order valence-electron chi connectivity index (χ1n) is 6.95. The molecule has 2 aliphatic rings. The van der Waals surface area contributed by atoms with Gasteiger partial charge in [-0.25, -0.2) is 4.79 Å². The zero-order chi connectivity index (χ0) is 15.7. The van der Waals surface area contributed by atoms with E-state index in [1.807, 2.05) is 18.2 Å². The molecule has 1 aliphatic heterocycles. The number of anilines is 1. The number of allylic oxidation sites excluding steroid dienone is 2. The minimum absolute atomic E-state index is 0.108. The summed E-state index contributed by atoms with van der Waals surface area (Å²) in [6.45, 7) is 0. The topological polar surface area (TPSA) is 29.5 Å². The Morgan fingerprint density at radius 1 is 1.18 bits per heavy atom. The van der Waals surface area contributed by atoms with Crippen LogP contribution in [0.2, 0.25) is 0 Å². The first kappa shape index (κ1) is 14.7. The lowest BCUT2D eigenvalue weighted by Gasteiger charge is -2.26. The van der Waals surface area contributed by atoms with Gasteiger partial charge in [0.1, 0.15) is 6.04 Å². The number of carbonyl (C=O) groups is 1. The molecule has 3 rings (SSSR count). The molecular weight excluding hydrogens is 295 g/mol. The van der Waals surface area contributed by atoms with Gasteiger partial charge in [-0.15, -0.1) is 0 Å². The van der Waals surface area contributed by atoms with Gasteiger partial charge in [-0.05, 0) is 24.1 Å². The van der Waals surface area contributed by atoms with Crippen molar-refractivity contribution in [3.8, 4) is 0 Å². The summed E-state index contributed by atoms with van der Waals surface area (Å²) in [6, 6.07) is 8.64. The quantitative estimate of drug-likeness (QED) is 0.832. The van der Waals surface area contributed by atoms with E-state index in [0.29, 0.717) is 11.3 Å². The maximum absolute atomic E-state index is 12.7. The number of rotatable bonds is 2. The standard InChI is InChI=1S/C16H14F3NO2/c17-16(18,19)12-8-6-11(7-9-12)14-10-15(21)22-20(14)13-4-2-1-3-5-13/h1-8,12,14H,9-10H2. The predicted octanol–water partition coefficient (Wildman–Crippen LogP) is 3.79. The Bertz CT molecular complexity index is 622. The van der Waals surface area contributed by atoms with Gasteiger partial charge < -0.3 is 4.84 Å². The summed E-state index contributed by atoms with van der Waals surface area (Å²) in [5, 5.41) is 1.46. The molecular formula is C16H14F3NO2. The maximum atomic E-state index is 12.7. The molecule has 0 saturated carbocycles.